The first-order valence-corrected chi connectivity index (χ1v) is 10.4. The molecule has 1 aromatic heterocycles. The summed E-state index contributed by atoms with van der Waals surface area (Å²) in [6, 6.07) is 8.60. The number of benzene rings is 1. The third-order valence-electron chi connectivity index (χ3n) is 4.83. The molecule has 158 valence electrons. The summed E-state index contributed by atoms with van der Waals surface area (Å²) in [5, 5.41) is 9.09. The SMILES string of the molecule is CN(C)C(=O)CN=C(NCc1cccs1)NCC1(c2ccc(F)cc2Cl)CC1.I. The van der Waals surface area contributed by atoms with Gasteiger partial charge in [-0.3, -0.25) is 4.79 Å². The molecule has 0 unspecified atom stereocenters. The number of hydrogen-bond donors (Lipinski definition) is 2. The maximum atomic E-state index is 13.4. The first-order chi connectivity index (χ1) is 13.4. The third-order valence-corrected chi connectivity index (χ3v) is 6.02. The summed E-state index contributed by atoms with van der Waals surface area (Å²) in [5.41, 5.74) is 0.826. The Labute approximate surface area is 196 Å². The second-order valence-electron chi connectivity index (χ2n) is 7.14. The highest BCUT2D eigenvalue weighted by Gasteiger charge is 2.45. The number of guanidine groups is 1. The third kappa shape index (κ3) is 6.55. The fraction of sp³-hybridized carbons (Fsp3) is 0.400. The fourth-order valence-electron chi connectivity index (χ4n) is 2.91. The number of nitrogens with zero attached hydrogens (tertiary/aromatic N) is 2. The van der Waals surface area contributed by atoms with Gasteiger partial charge in [0.25, 0.3) is 0 Å². The monoisotopic (exact) mass is 550 g/mol. The number of nitrogens with one attached hydrogen (secondary N) is 2. The molecule has 5 nitrogen and oxygen atoms in total. The fourth-order valence-corrected chi connectivity index (χ4v) is 3.92. The molecule has 0 bridgehead atoms. The van der Waals surface area contributed by atoms with E-state index in [0.717, 1.165) is 18.4 Å². The molecule has 1 amide bonds. The summed E-state index contributed by atoms with van der Waals surface area (Å²) in [7, 11) is 3.42. The van der Waals surface area contributed by atoms with Gasteiger partial charge in [-0.05, 0) is 42.0 Å². The molecular weight excluding hydrogens is 526 g/mol. The van der Waals surface area contributed by atoms with Crippen molar-refractivity contribution in [2.45, 2.75) is 24.8 Å². The van der Waals surface area contributed by atoms with E-state index in [0.29, 0.717) is 24.1 Å². The number of rotatable bonds is 7. The second-order valence-corrected chi connectivity index (χ2v) is 8.58. The summed E-state index contributed by atoms with van der Waals surface area (Å²) in [5.74, 6) is 0.174. The van der Waals surface area contributed by atoms with E-state index in [1.165, 1.54) is 21.9 Å². The van der Waals surface area contributed by atoms with E-state index in [4.69, 9.17) is 11.6 Å². The lowest BCUT2D eigenvalue weighted by Crippen LogP contribution is -2.41. The van der Waals surface area contributed by atoms with Crippen molar-refractivity contribution in [1.29, 1.82) is 0 Å². The molecule has 2 N–H and O–H groups in total. The molecule has 2 aromatic rings. The summed E-state index contributed by atoms with van der Waals surface area (Å²) in [6.45, 7) is 1.31. The molecule has 0 aliphatic heterocycles. The van der Waals surface area contributed by atoms with Gasteiger partial charge in [0.05, 0.1) is 6.54 Å². The van der Waals surface area contributed by atoms with Gasteiger partial charge >= 0.3 is 0 Å². The zero-order valence-electron chi connectivity index (χ0n) is 16.4. The maximum Gasteiger partial charge on any atom is 0.243 e. The number of amides is 1. The van der Waals surface area contributed by atoms with E-state index in [9.17, 15) is 9.18 Å². The van der Waals surface area contributed by atoms with Gasteiger partial charge in [-0.25, -0.2) is 9.38 Å². The summed E-state index contributed by atoms with van der Waals surface area (Å²) in [4.78, 5) is 19.0. The molecule has 0 spiro atoms. The number of likely N-dealkylation sites (N-methyl/N-ethyl adjacent to an activating group) is 1. The Morgan fingerprint density at radius 2 is 2.07 bits per heavy atom. The molecule has 1 saturated carbocycles. The Morgan fingerprint density at radius 3 is 2.66 bits per heavy atom. The molecule has 29 heavy (non-hydrogen) atoms. The molecule has 1 heterocycles. The molecule has 1 aliphatic carbocycles. The van der Waals surface area contributed by atoms with Crippen LogP contribution in [0.1, 0.15) is 23.3 Å². The van der Waals surface area contributed by atoms with Gasteiger partial charge in [0.15, 0.2) is 5.96 Å². The number of thiophene rings is 1. The van der Waals surface area contributed by atoms with Crippen molar-refractivity contribution in [3.63, 3.8) is 0 Å². The van der Waals surface area contributed by atoms with Gasteiger partial charge in [0.2, 0.25) is 5.91 Å². The van der Waals surface area contributed by atoms with Crippen LogP contribution in [0, 0.1) is 5.82 Å². The average Bonchev–Trinajstić information content (AvgIpc) is 3.24. The molecule has 1 aromatic carbocycles. The molecule has 3 rings (SSSR count). The van der Waals surface area contributed by atoms with Gasteiger partial charge < -0.3 is 15.5 Å². The second kappa shape index (κ2) is 10.6. The normalized spacial score (nSPS) is 14.7. The highest BCUT2D eigenvalue weighted by atomic mass is 127. The van der Waals surface area contributed by atoms with Crippen LogP contribution >= 0.6 is 46.9 Å². The predicted molar refractivity (Wildman–Crippen MR) is 128 cm³/mol. The van der Waals surface area contributed by atoms with Crippen LogP contribution in [-0.4, -0.2) is 44.0 Å². The van der Waals surface area contributed by atoms with Crippen molar-refractivity contribution < 1.29 is 9.18 Å². The first kappa shape index (κ1) is 23.9. The van der Waals surface area contributed by atoms with E-state index in [2.05, 4.69) is 15.6 Å². The zero-order valence-corrected chi connectivity index (χ0v) is 20.3. The van der Waals surface area contributed by atoms with E-state index in [1.54, 1.807) is 31.5 Å². The Kier molecular flexibility index (Phi) is 8.72. The predicted octanol–water partition coefficient (Wildman–Crippen LogP) is 4.01. The highest BCUT2D eigenvalue weighted by molar-refractivity contribution is 14.0. The number of aliphatic imine (C=N–C) groups is 1. The Hall–Kier alpha value is -1.39. The minimum Gasteiger partial charge on any atom is -0.355 e. The van der Waals surface area contributed by atoms with Crippen molar-refractivity contribution in [2.24, 2.45) is 4.99 Å². The highest BCUT2D eigenvalue weighted by Crippen LogP contribution is 2.50. The van der Waals surface area contributed by atoms with Gasteiger partial charge in [-0.15, -0.1) is 35.3 Å². The van der Waals surface area contributed by atoms with Gasteiger partial charge in [-0.1, -0.05) is 23.7 Å². The van der Waals surface area contributed by atoms with Crippen molar-refractivity contribution in [3.05, 3.63) is 57.0 Å². The van der Waals surface area contributed by atoms with Gasteiger partial charge in [-0.2, -0.15) is 0 Å². The number of carbonyl (C=O) groups is 1. The minimum absolute atomic E-state index is 0. The van der Waals surface area contributed by atoms with Crippen molar-refractivity contribution in [3.8, 4) is 0 Å². The maximum absolute atomic E-state index is 13.4. The lowest BCUT2D eigenvalue weighted by molar-refractivity contribution is -0.127. The van der Waals surface area contributed by atoms with E-state index >= 15 is 0 Å². The molecule has 1 fully saturated rings. The Morgan fingerprint density at radius 1 is 1.31 bits per heavy atom. The standard InChI is InChI=1S/C20H24ClFN4OS.HI/c1-26(2)18(27)12-24-19(23-11-15-4-3-9-28-15)25-13-20(7-8-20)16-6-5-14(22)10-17(16)21;/h3-6,9-10H,7-8,11-13H2,1-2H3,(H2,23,24,25);1H. The van der Waals surface area contributed by atoms with Crippen LogP contribution in [0.15, 0.2) is 40.7 Å². The van der Waals surface area contributed by atoms with Crippen LogP contribution in [0.25, 0.3) is 0 Å². The van der Waals surface area contributed by atoms with Crippen LogP contribution in [0.5, 0.6) is 0 Å². The Balaban J connectivity index is 0.00000300. The number of hydrogen-bond acceptors (Lipinski definition) is 3. The number of halogens is 3. The summed E-state index contributed by atoms with van der Waals surface area (Å²) in [6.07, 6.45) is 1.94. The van der Waals surface area contributed by atoms with E-state index in [-0.39, 0.29) is 47.7 Å². The van der Waals surface area contributed by atoms with Crippen LogP contribution in [0.2, 0.25) is 5.02 Å². The quantitative estimate of drug-likeness (QED) is 0.311. The lowest BCUT2D eigenvalue weighted by atomic mass is 9.96. The molecule has 0 atom stereocenters. The van der Waals surface area contributed by atoms with Gasteiger partial charge in [0.1, 0.15) is 12.4 Å². The molecule has 1 aliphatic rings. The smallest absolute Gasteiger partial charge is 0.243 e. The summed E-state index contributed by atoms with van der Waals surface area (Å²) >= 11 is 7.93. The van der Waals surface area contributed by atoms with Gasteiger partial charge in [0, 0.05) is 36.0 Å². The topological polar surface area (TPSA) is 56.7 Å². The summed E-state index contributed by atoms with van der Waals surface area (Å²) < 4.78 is 13.4. The van der Waals surface area contributed by atoms with Crippen LogP contribution < -0.4 is 10.6 Å². The minimum atomic E-state index is -0.334. The van der Waals surface area contributed by atoms with E-state index < -0.39 is 0 Å². The van der Waals surface area contributed by atoms with Crippen LogP contribution in [0.4, 0.5) is 4.39 Å². The first-order valence-electron chi connectivity index (χ1n) is 9.10. The van der Waals surface area contributed by atoms with E-state index in [1.807, 2.05) is 17.5 Å². The van der Waals surface area contributed by atoms with Crippen molar-refractivity contribution >= 4 is 58.8 Å². The number of carbonyl (C=O) groups excluding carboxylic acids is 1. The Bertz CT molecular complexity index is 856. The molecule has 0 radical (unpaired) electrons. The van der Waals surface area contributed by atoms with Crippen LogP contribution in [0.3, 0.4) is 0 Å². The molecular formula is C20H25ClFIN4OS. The van der Waals surface area contributed by atoms with Crippen LogP contribution in [-0.2, 0) is 16.8 Å². The van der Waals surface area contributed by atoms with Crippen molar-refractivity contribution in [2.75, 3.05) is 27.2 Å². The zero-order chi connectivity index (χ0) is 20.1. The molecule has 9 heteroatoms. The average molecular weight is 551 g/mol. The van der Waals surface area contributed by atoms with Crippen molar-refractivity contribution in [1.82, 2.24) is 15.5 Å². The lowest BCUT2D eigenvalue weighted by Gasteiger charge is -2.20. The molecule has 0 saturated heterocycles. The largest absolute Gasteiger partial charge is 0.355 e.